The van der Waals surface area contributed by atoms with Gasteiger partial charge in [0.25, 0.3) is 0 Å². The molecular formula is C13H19BrOS. The highest BCUT2D eigenvalue weighted by Crippen LogP contribution is 2.31. The lowest BCUT2D eigenvalue weighted by Gasteiger charge is -2.12. The van der Waals surface area contributed by atoms with E-state index in [0.29, 0.717) is 0 Å². The summed E-state index contributed by atoms with van der Waals surface area (Å²) in [7, 11) is 0. The number of hydrogen-bond donors (Lipinski definition) is 1. The molecule has 3 heteroatoms. The number of hydrogen-bond acceptors (Lipinski definition) is 2. The predicted octanol–water partition coefficient (Wildman–Crippen LogP) is 4.64. The summed E-state index contributed by atoms with van der Waals surface area (Å²) in [4.78, 5) is 1.19. The van der Waals surface area contributed by atoms with Crippen LogP contribution in [0.5, 0.6) is 0 Å². The fourth-order valence-corrected chi connectivity index (χ4v) is 3.13. The first kappa shape index (κ1) is 14.1. The second kappa shape index (κ2) is 6.67. The molecule has 0 aliphatic rings. The molecule has 0 saturated heterocycles. The molecular weight excluding hydrogens is 284 g/mol. The number of benzene rings is 1. The third-order valence-corrected chi connectivity index (χ3v) is 3.99. The van der Waals surface area contributed by atoms with Crippen molar-refractivity contribution in [3.63, 3.8) is 0 Å². The van der Waals surface area contributed by atoms with Crippen molar-refractivity contribution in [2.24, 2.45) is 5.92 Å². The van der Waals surface area contributed by atoms with E-state index in [1.165, 1.54) is 11.3 Å². The van der Waals surface area contributed by atoms with Crippen molar-refractivity contribution in [3.05, 3.63) is 28.2 Å². The minimum absolute atomic E-state index is 0.404. The van der Waals surface area contributed by atoms with Gasteiger partial charge in [-0.05, 0) is 48.8 Å². The van der Waals surface area contributed by atoms with E-state index in [4.69, 9.17) is 0 Å². The van der Waals surface area contributed by atoms with E-state index in [1.807, 2.05) is 30.8 Å². The molecule has 0 aliphatic carbocycles. The highest BCUT2D eigenvalue weighted by Gasteiger charge is 2.09. The van der Waals surface area contributed by atoms with Gasteiger partial charge in [-0.3, -0.25) is 0 Å². The summed E-state index contributed by atoms with van der Waals surface area (Å²) < 4.78 is 1.02. The van der Waals surface area contributed by atoms with Crippen LogP contribution in [0.1, 0.15) is 38.9 Å². The summed E-state index contributed by atoms with van der Waals surface area (Å²) in [5.74, 6) is 1.84. The van der Waals surface area contributed by atoms with Crippen molar-refractivity contribution < 1.29 is 5.11 Å². The molecule has 0 saturated carbocycles. The Labute approximate surface area is 111 Å². The van der Waals surface area contributed by atoms with Gasteiger partial charge in [0.05, 0.1) is 6.10 Å². The van der Waals surface area contributed by atoms with Crippen molar-refractivity contribution in [2.45, 2.75) is 38.2 Å². The Bertz CT molecular complexity index is 337. The number of aliphatic hydroxyl groups is 1. The summed E-state index contributed by atoms with van der Waals surface area (Å²) in [5, 5.41) is 9.70. The Morgan fingerprint density at radius 2 is 2.00 bits per heavy atom. The lowest BCUT2D eigenvalue weighted by atomic mass is 10.1. The van der Waals surface area contributed by atoms with Crippen LogP contribution in [0.2, 0.25) is 0 Å². The van der Waals surface area contributed by atoms with E-state index in [9.17, 15) is 5.11 Å². The summed E-state index contributed by atoms with van der Waals surface area (Å²) in [5.41, 5.74) is 1.02. The van der Waals surface area contributed by atoms with Crippen molar-refractivity contribution in [1.82, 2.24) is 0 Å². The van der Waals surface area contributed by atoms with Crippen LogP contribution < -0.4 is 0 Å². The van der Waals surface area contributed by atoms with Crippen molar-refractivity contribution in [1.29, 1.82) is 0 Å². The van der Waals surface area contributed by atoms with Crippen molar-refractivity contribution in [2.75, 3.05) is 5.75 Å². The minimum atomic E-state index is -0.404. The number of thioether (sulfide) groups is 1. The highest BCUT2D eigenvalue weighted by atomic mass is 79.9. The Hall–Kier alpha value is 0.01000. The molecule has 1 aromatic rings. The van der Waals surface area contributed by atoms with Gasteiger partial charge < -0.3 is 5.11 Å². The number of aliphatic hydroxyl groups excluding tert-OH is 1. The molecule has 0 fully saturated rings. The molecule has 0 radical (unpaired) electrons. The van der Waals surface area contributed by atoms with Gasteiger partial charge in [0.1, 0.15) is 0 Å². The maximum atomic E-state index is 9.70. The smallest absolute Gasteiger partial charge is 0.0773 e. The summed E-state index contributed by atoms with van der Waals surface area (Å²) in [6.45, 7) is 6.28. The van der Waals surface area contributed by atoms with Gasteiger partial charge in [0.15, 0.2) is 0 Å². The van der Waals surface area contributed by atoms with E-state index in [0.717, 1.165) is 21.7 Å². The van der Waals surface area contributed by atoms with E-state index in [-0.39, 0.29) is 0 Å². The number of rotatable bonds is 5. The second-order valence-electron chi connectivity index (χ2n) is 4.39. The molecule has 0 spiro atoms. The van der Waals surface area contributed by atoms with Crippen LogP contribution in [0.4, 0.5) is 0 Å². The third kappa shape index (κ3) is 4.48. The highest BCUT2D eigenvalue weighted by molar-refractivity contribution is 9.10. The van der Waals surface area contributed by atoms with Gasteiger partial charge in [-0.2, -0.15) is 0 Å². The zero-order valence-electron chi connectivity index (χ0n) is 10.0. The van der Waals surface area contributed by atoms with Gasteiger partial charge >= 0.3 is 0 Å². The lowest BCUT2D eigenvalue weighted by Crippen LogP contribution is -1.96. The van der Waals surface area contributed by atoms with E-state index in [1.54, 1.807) is 0 Å². The largest absolute Gasteiger partial charge is 0.389 e. The first-order chi connectivity index (χ1) is 7.50. The average Bonchev–Trinajstić information content (AvgIpc) is 2.19. The molecule has 0 amide bonds. The molecule has 0 aromatic heterocycles. The van der Waals surface area contributed by atoms with Gasteiger partial charge in [-0.25, -0.2) is 0 Å². The first-order valence-electron chi connectivity index (χ1n) is 5.61. The number of halogens is 1. The molecule has 0 bridgehead atoms. The zero-order chi connectivity index (χ0) is 12.1. The maximum Gasteiger partial charge on any atom is 0.0773 e. The summed E-state index contributed by atoms with van der Waals surface area (Å²) >= 11 is 5.27. The summed E-state index contributed by atoms with van der Waals surface area (Å²) in [6, 6.07) is 6.11. The second-order valence-corrected chi connectivity index (χ2v) is 6.44. The Balaban J connectivity index is 2.71. The molecule has 1 aromatic carbocycles. The normalized spacial score (nSPS) is 13.1. The van der Waals surface area contributed by atoms with Crippen molar-refractivity contribution in [3.8, 4) is 0 Å². The average molecular weight is 303 g/mol. The maximum absolute atomic E-state index is 9.70. The molecule has 0 heterocycles. The Kier molecular flexibility index (Phi) is 5.87. The van der Waals surface area contributed by atoms with Gasteiger partial charge in [0.2, 0.25) is 0 Å². The van der Waals surface area contributed by atoms with Crippen LogP contribution in [0.25, 0.3) is 0 Å². The minimum Gasteiger partial charge on any atom is -0.389 e. The van der Waals surface area contributed by atoms with Gasteiger partial charge in [0, 0.05) is 9.37 Å². The van der Waals surface area contributed by atoms with Crippen LogP contribution >= 0.6 is 27.7 Å². The van der Waals surface area contributed by atoms with Crippen LogP contribution in [-0.4, -0.2) is 10.9 Å². The first-order valence-corrected chi connectivity index (χ1v) is 7.39. The zero-order valence-corrected chi connectivity index (χ0v) is 12.4. The Morgan fingerprint density at radius 1 is 1.31 bits per heavy atom. The van der Waals surface area contributed by atoms with Crippen molar-refractivity contribution >= 4 is 27.7 Å². The molecule has 1 atom stereocenters. The van der Waals surface area contributed by atoms with E-state index in [2.05, 4.69) is 35.8 Å². The third-order valence-electron chi connectivity index (χ3n) is 2.37. The van der Waals surface area contributed by atoms with Crippen LogP contribution in [0, 0.1) is 5.92 Å². The fraction of sp³-hybridized carbons (Fsp3) is 0.538. The van der Waals surface area contributed by atoms with Crippen LogP contribution in [0.15, 0.2) is 27.6 Å². The standard InChI is InChI=1S/C13H19BrOS/c1-9(2)6-7-16-13-5-4-11(14)8-12(13)10(3)15/h4-5,8-10,15H,6-7H2,1-3H3. The molecule has 90 valence electrons. The molecule has 1 unspecified atom stereocenters. The lowest BCUT2D eigenvalue weighted by molar-refractivity contribution is 0.196. The molecule has 1 N–H and O–H groups in total. The molecule has 16 heavy (non-hydrogen) atoms. The van der Waals surface area contributed by atoms with Gasteiger partial charge in [-0.15, -0.1) is 11.8 Å². The monoisotopic (exact) mass is 302 g/mol. The van der Waals surface area contributed by atoms with E-state index >= 15 is 0 Å². The predicted molar refractivity (Wildman–Crippen MR) is 75.0 cm³/mol. The SMILES string of the molecule is CC(C)CCSc1ccc(Br)cc1C(C)O. The van der Waals surface area contributed by atoms with Crippen LogP contribution in [0.3, 0.4) is 0 Å². The Morgan fingerprint density at radius 3 is 2.56 bits per heavy atom. The summed E-state index contributed by atoms with van der Waals surface area (Å²) in [6.07, 6.45) is 0.805. The molecule has 1 rings (SSSR count). The topological polar surface area (TPSA) is 20.2 Å². The molecule has 0 aliphatic heterocycles. The molecule has 1 nitrogen and oxygen atoms in total. The van der Waals surface area contributed by atoms with Crippen LogP contribution in [-0.2, 0) is 0 Å². The van der Waals surface area contributed by atoms with E-state index < -0.39 is 6.10 Å². The fourth-order valence-electron chi connectivity index (χ4n) is 1.38. The van der Waals surface area contributed by atoms with Gasteiger partial charge in [-0.1, -0.05) is 29.8 Å². The quantitative estimate of drug-likeness (QED) is 0.800.